The number of aromatic nitrogens is 2. The number of anilines is 2. The molecule has 3 aliphatic rings. The number of ether oxygens (including phenoxy) is 4. The zero-order valence-electron chi connectivity index (χ0n) is 20.0. The van der Waals surface area contributed by atoms with Crippen LogP contribution in [0.15, 0.2) is 41.1 Å². The molecule has 2 unspecified atom stereocenters. The maximum Gasteiger partial charge on any atom is 0.188 e. The minimum absolute atomic E-state index is 0.110. The molecule has 36 heavy (non-hydrogen) atoms. The SMILES string of the molecule is COc1cc2c(Nc3ccc(Br)cc3F)ncnc2cc1OCCCC1CC12CNCC21OCCO1. The summed E-state index contributed by atoms with van der Waals surface area (Å²) in [5.74, 6) is 1.45. The monoisotopic (exact) mass is 558 g/mol. The number of nitrogens with one attached hydrogen (secondary N) is 2. The van der Waals surface area contributed by atoms with Crippen LogP contribution in [0.3, 0.4) is 0 Å². The van der Waals surface area contributed by atoms with Crippen LogP contribution in [0.1, 0.15) is 19.3 Å². The Bertz CT molecular complexity index is 1280. The van der Waals surface area contributed by atoms with Crippen LogP contribution in [0.4, 0.5) is 15.9 Å². The summed E-state index contributed by atoms with van der Waals surface area (Å²) in [7, 11) is 1.60. The van der Waals surface area contributed by atoms with E-state index in [1.165, 1.54) is 12.4 Å². The Morgan fingerprint density at radius 1 is 1.17 bits per heavy atom. The van der Waals surface area contributed by atoms with Gasteiger partial charge in [0, 0.05) is 27.9 Å². The molecule has 2 N–H and O–H groups in total. The standard InChI is InChI=1S/C26H28BrFN4O4/c1-33-22-10-18-21(30-15-31-24(18)32-20-5-4-17(27)9-19(20)28)11-23(22)34-6-2-3-16-12-25(16)13-29-14-26(25)35-7-8-36-26/h4-5,9-11,15-16,29H,2-3,6-8,12-14H2,1H3,(H,30,31,32). The second-order valence-corrected chi connectivity index (χ2v) is 10.5. The molecule has 1 saturated carbocycles. The summed E-state index contributed by atoms with van der Waals surface area (Å²) in [5, 5.41) is 7.24. The van der Waals surface area contributed by atoms with E-state index >= 15 is 0 Å². The summed E-state index contributed by atoms with van der Waals surface area (Å²) in [6, 6.07) is 8.48. The quantitative estimate of drug-likeness (QED) is 0.381. The number of fused-ring (bicyclic) bond motifs is 2. The van der Waals surface area contributed by atoms with E-state index in [4.69, 9.17) is 18.9 Å². The lowest BCUT2D eigenvalue weighted by molar-refractivity contribution is -0.183. The van der Waals surface area contributed by atoms with Crippen molar-refractivity contribution in [1.82, 2.24) is 15.3 Å². The van der Waals surface area contributed by atoms with Gasteiger partial charge >= 0.3 is 0 Å². The molecule has 0 bridgehead atoms. The molecular formula is C26H28BrFN4O4. The predicted octanol–water partition coefficient (Wildman–Crippen LogP) is 4.80. The van der Waals surface area contributed by atoms with Gasteiger partial charge in [0.15, 0.2) is 17.3 Å². The molecule has 1 aromatic heterocycles. The number of nitrogens with zero attached hydrogens (tertiary/aromatic N) is 2. The largest absolute Gasteiger partial charge is 0.493 e. The number of methoxy groups -OCH3 is 1. The van der Waals surface area contributed by atoms with E-state index in [1.54, 1.807) is 19.2 Å². The van der Waals surface area contributed by atoms with Crippen molar-refractivity contribution < 1.29 is 23.3 Å². The van der Waals surface area contributed by atoms with Crippen molar-refractivity contribution in [2.75, 3.05) is 45.3 Å². The maximum atomic E-state index is 14.4. The molecule has 3 fully saturated rings. The highest BCUT2D eigenvalue weighted by molar-refractivity contribution is 9.10. The van der Waals surface area contributed by atoms with Crippen LogP contribution in [0.25, 0.3) is 10.9 Å². The molecule has 10 heteroatoms. The van der Waals surface area contributed by atoms with Crippen LogP contribution >= 0.6 is 15.9 Å². The topological polar surface area (TPSA) is 86.8 Å². The van der Waals surface area contributed by atoms with Crippen molar-refractivity contribution in [3.8, 4) is 11.5 Å². The molecule has 6 rings (SSSR count). The van der Waals surface area contributed by atoms with Gasteiger partial charge in [0.1, 0.15) is 18.0 Å². The third kappa shape index (κ3) is 4.09. The van der Waals surface area contributed by atoms with Crippen LogP contribution in [0.5, 0.6) is 11.5 Å². The first-order valence-electron chi connectivity index (χ1n) is 12.2. The average molecular weight is 559 g/mol. The smallest absolute Gasteiger partial charge is 0.188 e. The van der Waals surface area contributed by atoms with Gasteiger partial charge in [-0.05, 0) is 49.4 Å². The van der Waals surface area contributed by atoms with E-state index in [-0.39, 0.29) is 11.2 Å². The zero-order chi connectivity index (χ0) is 24.8. The molecule has 0 amide bonds. The van der Waals surface area contributed by atoms with Crippen molar-refractivity contribution in [2.45, 2.75) is 25.0 Å². The van der Waals surface area contributed by atoms with Gasteiger partial charge in [0.25, 0.3) is 0 Å². The fourth-order valence-corrected chi connectivity index (χ4v) is 6.05. The van der Waals surface area contributed by atoms with Crippen LogP contribution < -0.4 is 20.1 Å². The van der Waals surface area contributed by atoms with Crippen LogP contribution in [-0.4, -0.2) is 55.8 Å². The molecule has 2 aliphatic heterocycles. The van der Waals surface area contributed by atoms with E-state index in [0.29, 0.717) is 64.1 Å². The number of halogens is 2. The van der Waals surface area contributed by atoms with Crippen molar-refractivity contribution in [1.29, 1.82) is 0 Å². The van der Waals surface area contributed by atoms with Crippen molar-refractivity contribution >= 4 is 38.3 Å². The Morgan fingerprint density at radius 2 is 2.03 bits per heavy atom. The van der Waals surface area contributed by atoms with Crippen molar-refractivity contribution in [2.24, 2.45) is 11.3 Å². The van der Waals surface area contributed by atoms with Crippen molar-refractivity contribution in [3.63, 3.8) is 0 Å². The lowest BCUT2D eigenvalue weighted by atomic mass is 9.94. The van der Waals surface area contributed by atoms with Crippen LogP contribution in [-0.2, 0) is 9.47 Å². The second-order valence-electron chi connectivity index (χ2n) is 9.59. The van der Waals surface area contributed by atoms with Gasteiger partial charge in [0.2, 0.25) is 0 Å². The van der Waals surface area contributed by atoms with Gasteiger partial charge in [-0.2, -0.15) is 0 Å². The molecule has 2 aromatic carbocycles. The number of rotatable bonds is 8. The fraction of sp³-hybridized carbons (Fsp3) is 0.462. The highest BCUT2D eigenvalue weighted by Gasteiger charge is 2.71. The Balaban J connectivity index is 1.12. The first-order valence-corrected chi connectivity index (χ1v) is 13.0. The minimum atomic E-state index is -0.426. The summed E-state index contributed by atoms with van der Waals surface area (Å²) >= 11 is 3.28. The third-order valence-electron chi connectivity index (χ3n) is 7.60. The summed E-state index contributed by atoms with van der Waals surface area (Å²) in [4.78, 5) is 8.70. The Kier molecular flexibility index (Phi) is 6.23. The van der Waals surface area contributed by atoms with Gasteiger partial charge in [-0.1, -0.05) is 15.9 Å². The average Bonchev–Trinajstić information content (AvgIpc) is 3.20. The highest BCUT2D eigenvalue weighted by Crippen LogP contribution is 2.65. The van der Waals surface area contributed by atoms with E-state index in [0.717, 1.165) is 32.4 Å². The lowest BCUT2D eigenvalue weighted by Gasteiger charge is -2.29. The van der Waals surface area contributed by atoms with Gasteiger partial charge in [0.05, 0.1) is 44.7 Å². The zero-order valence-corrected chi connectivity index (χ0v) is 21.6. The molecule has 1 aliphatic carbocycles. The summed E-state index contributed by atoms with van der Waals surface area (Å²) in [6.45, 7) is 3.66. The van der Waals surface area contributed by atoms with Gasteiger partial charge in [-0.25, -0.2) is 14.4 Å². The molecule has 8 nitrogen and oxygen atoms in total. The molecule has 2 spiro atoms. The summed E-state index contributed by atoms with van der Waals surface area (Å²) in [5.41, 5.74) is 1.11. The second kappa shape index (κ2) is 9.41. The van der Waals surface area contributed by atoms with E-state index in [9.17, 15) is 4.39 Å². The van der Waals surface area contributed by atoms with Gasteiger partial charge in [-0.15, -0.1) is 0 Å². The van der Waals surface area contributed by atoms with Crippen molar-refractivity contribution in [3.05, 3.63) is 46.9 Å². The molecular weight excluding hydrogens is 531 g/mol. The first-order chi connectivity index (χ1) is 17.5. The van der Waals surface area contributed by atoms with Gasteiger partial charge < -0.3 is 29.6 Å². The summed E-state index contributed by atoms with van der Waals surface area (Å²) in [6.07, 6.45) is 4.55. The molecule has 190 valence electrons. The highest BCUT2D eigenvalue weighted by atomic mass is 79.9. The Labute approximate surface area is 217 Å². The maximum absolute atomic E-state index is 14.4. The predicted molar refractivity (Wildman–Crippen MR) is 136 cm³/mol. The fourth-order valence-electron chi connectivity index (χ4n) is 5.71. The van der Waals surface area contributed by atoms with E-state index in [2.05, 4.69) is 36.5 Å². The summed E-state index contributed by atoms with van der Waals surface area (Å²) < 4.78 is 38.8. The van der Waals surface area contributed by atoms with Gasteiger partial charge in [-0.3, -0.25) is 0 Å². The number of hydrogen-bond donors (Lipinski definition) is 2. The third-order valence-corrected chi connectivity index (χ3v) is 8.10. The minimum Gasteiger partial charge on any atom is -0.493 e. The number of hydrogen-bond acceptors (Lipinski definition) is 8. The van der Waals surface area contributed by atoms with E-state index < -0.39 is 5.79 Å². The van der Waals surface area contributed by atoms with Crippen LogP contribution in [0.2, 0.25) is 0 Å². The number of benzene rings is 2. The normalized spacial score (nSPS) is 24.0. The molecule has 0 radical (unpaired) electrons. The molecule has 3 heterocycles. The molecule has 2 atom stereocenters. The Morgan fingerprint density at radius 3 is 2.83 bits per heavy atom. The Hall–Kier alpha value is -2.53. The van der Waals surface area contributed by atoms with Crippen LogP contribution in [0, 0.1) is 17.2 Å². The molecule has 2 saturated heterocycles. The molecule has 3 aromatic rings. The first kappa shape index (κ1) is 23.8. The lowest BCUT2D eigenvalue weighted by Crippen LogP contribution is -2.41. The van der Waals surface area contributed by atoms with E-state index in [1.807, 2.05) is 12.1 Å².